The van der Waals surface area contributed by atoms with E-state index in [1.54, 1.807) is 0 Å². The highest BCUT2D eigenvalue weighted by Crippen LogP contribution is 2.26. The van der Waals surface area contributed by atoms with Crippen LogP contribution < -0.4 is 5.32 Å². The van der Waals surface area contributed by atoms with Crippen molar-refractivity contribution in [3.05, 3.63) is 33.8 Å². The first-order chi connectivity index (χ1) is 6.66. The third-order valence-electron chi connectivity index (χ3n) is 2.20. The van der Waals surface area contributed by atoms with Crippen molar-refractivity contribution in [2.45, 2.75) is 13.0 Å². The summed E-state index contributed by atoms with van der Waals surface area (Å²) in [4.78, 5) is 10.9. The van der Waals surface area contributed by atoms with E-state index >= 15 is 0 Å². The van der Waals surface area contributed by atoms with Gasteiger partial charge in [-0.25, -0.2) is 4.79 Å². The highest BCUT2D eigenvalue weighted by molar-refractivity contribution is 9.10. The standard InChI is InChI=1S/C10H10BrNO2/c1-6-2-3-7(8(11)4-6)9-5-14-10(13)12-9/h2-4,9H,5H2,1H3,(H,12,13)/t9-/m1/s1. The predicted molar refractivity (Wildman–Crippen MR) is 56.1 cm³/mol. The number of aryl methyl sites for hydroxylation is 1. The van der Waals surface area contributed by atoms with Gasteiger partial charge in [0, 0.05) is 4.47 Å². The smallest absolute Gasteiger partial charge is 0.407 e. The van der Waals surface area contributed by atoms with Crippen LogP contribution in [-0.4, -0.2) is 12.7 Å². The van der Waals surface area contributed by atoms with Crippen molar-refractivity contribution in [3.8, 4) is 0 Å². The highest BCUT2D eigenvalue weighted by atomic mass is 79.9. The van der Waals surface area contributed by atoms with Crippen LogP contribution in [0.25, 0.3) is 0 Å². The van der Waals surface area contributed by atoms with Crippen LogP contribution in [0.2, 0.25) is 0 Å². The monoisotopic (exact) mass is 255 g/mol. The molecule has 0 aliphatic carbocycles. The van der Waals surface area contributed by atoms with Crippen molar-refractivity contribution in [2.75, 3.05) is 6.61 Å². The SMILES string of the molecule is Cc1ccc([C@H]2COC(=O)N2)c(Br)c1. The molecule has 1 aliphatic rings. The summed E-state index contributed by atoms with van der Waals surface area (Å²) < 4.78 is 5.84. The minimum absolute atomic E-state index is 0.0301. The van der Waals surface area contributed by atoms with Gasteiger partial charge in [0.1, 0.15) is 6.61 Å². The largest absolute Gasteiger partial charge is 0.447 e. The van der Waals surface area contributed by atoms with Crippen molar-refractivity contribution in [3.63, 3.8) is 0 Å². The Kier molecular flexibility index (Phi) is 2.46. The molecule has 74 valence electrons. The minimum Gasteiger partial charge on any atom is -0.447 e. The van der Waals surface area contributed by atoms with Gasteiger partial charge < -0.3 is 10.1 Å². The molecule has 0 unspecified atom stereocenters. The summed E-state index contributed by atoms with van der Waals surface area (Å²) >= 11 is 3.47. The maximum absolute atomic E-state index is 10.9. The van der Waals surface area contributed by atoms with Crippen LogP contribution in [0.5, 0.6) is 0 Å². The average Bonchev–Trinajstić information content (AvgIpc) is 2.51. The number of alkyl carbamates (subject to hydrolysis) is 1. The number of amides is 1. The molecule has 14 heavy (non-hydrogen) atoms. The number of nitrogens with one attached hydrogen (secondary N) is 1. The Morgan fingerprint density at radius 2 is 2.36 bits per heavy atom. The number of cyclic esters (lactones) is 1. The van der Waals surface area contributed by atoms with Gasteiger partial charge in [0.15, 0.2) is 0 Å². The molecule has 1 atom stereocenters. The number of carbonyl (C=O) groups excluding carboxylic acids is 1. The summed E-state index contributed by atoms with van der Waals surface area (Å²) in [7, 11) is 0. The third kappa shape index (κ3) is 1.75. The van der Waals surface area contributed by atoms with Crippen LogP contribution in [0.15, 0.2) is 22.7 Å². The minimum atomic E-state index is -0.345. The van der Waals surface area contributed by atoms with Gasteiger partial charge >= 0.3 is 6.09 Å². The maximum Gasteiger partial charge on any atom is 0.407 e. The fourth-order valence-corrected chi connectivity index (χ4v) is 2.24. The van der Waals surface area contributed by atoms with Gasteiger partial charge in [0.2, 0.25) is 0 Å². The van der Waals surface area contributed by atoms with Crippen molar-refractivity contribution >= 4 is 22.0 Å². The number of ether oxygens (including phenoxy) is 1. The van der Waals surface area contributed by atoms with Crippen LogP contribution in [-0.2, 0) is 4.74 Å². The average molecular weight is 256 g/mol. The fraction of sp³-hybridized carbons (Fsp3) is 0.300. The summed E-state index contributed by atoms with van der Waals surface area (Å²) in [6, 6.07) is 6.01. The van der Waals surface area contributed by atoms with Gasteiger partial charge in [-0.1, -0.05) is 28.1 Å². The van der Waals surface area contributed by atoms with E-state index in [4.69, 9.17) is 4.74 Å². The second kappa shape index (κ2) is 3.61. The number of rotatable bonds is 1. The lowest BCUT2D eigenvalue weighted by Gasteiger charge is -2.10. The topological polar surface area (TPSA) is 38.3 Å². The molecule has 1 saturated heterocycles. The van der Waals surface area contributed by atoms with Gasteiger partial charge in [0.05, 0.1) is 6.04 Å². The molecule has 1 aliphatic heterocycles. The summed E-state index contributed by atoms with van der Waals surface area (Å²) in [5.74, 6) is 0. The molecule has 1 heterocycles. The summed E-state index contributed by atoms with van der Waals surface area (Å²) in [5.41, 5.74) is 2.24. The molecule has 0 saturated carbocycles. The molecule has 2 rings (SSSR count). The van der Waals surface area contributed by atoms with Crippen molar-refractivity contribution in [2.24, 2.45) is 0 Å². The van der Waals surface area contributed by atoms with E-state index in [1.807, 2.05) is 25.1 Å². The Balaban J connectivity index is 2.28. The normalized spacial score (nSPS) is 20.4. The zero-order valence-electron chi connectivity index (χ0n) is 7.71. The number of hydrogen-bond donors (Lipinski definition) is 1. The molecular weight excluding hydrogens is 246 g/mol. The van der Waals surface area contributed by atoms with E-state index < -0.39 is 0 Å². The molecule has 1 aromatic rings. The van der Waals surface area contributed by atoms with E-state index in [9.17, 15) is 4.79 Å². The van der Waals surface area contributed by atoms with Gasteiger partial charge in [-0.2, -0.15) is 0 Å². The second-order valence-electron chi connectivity index (χ2n) is 3.32. The van der Waals surface area contributed by atoms with Crippen molar-refractivity contribution in [1.29, 1.82) is 0 Å². The molecule has 1 aromatic carbocycles. The summed E-state index contributed by atoms with van der Waals surface area (Å²) in [6.07, 6.45) is -0.345. The molecular formula is C10H10BrNO2. The quantitative estimate of drug-likeness (QED) is 0.838. The molecule has 0 spiro atoms. The van der Waals surface area contributed by atoms with E-state index in [1.165, 1.54) is 5.56 Å². The van der Waals surface area contributed by atoms with Crippen molar-refractivity contribution in [1.82, 2.24) is 5.32 Å². The highest BCUT2D eigenvalue weighted by Gasteiger charge is 2.25. The molecule has 1 amide bonds. The Hall–Kier alpha value is -1.03. The second-order valence-corrected chi connectivity index (χ2v) is 4.17. The summed E-state index contributed by atoms with van der Waals surface area (Å²) in [5, 5.41) is 2.74. The van der Waals surface area contributed by atoms with Crippen LogP contribution in [0.4, 0.5) is 4.79 Å². The Morgan fingerprint density at radius 1 is 1.57 bits per heavy atom. The Morgan fingerprint density at radius 3 is 2.93 bits per heavy atom. The van der Waals surface area contributed by atoms with E-state index in [-0.39, 0.29) is 12.1 Å². The number of carbonyl (C=O) groups is 1. The molecule has 1 fully saturated rings. The predicted octanol–water partition coefficient (Wildman–Crippen LogP) is 2.54. The van der Waals surface area contributed by atoms with E-state index in [0.29, 0.717) is 6.61 Å². The molecule has 0 aromatic heterocycles. The van der Waals surface area contributed by atoms with Gasteiger partial charge in [-0.3, -0.25) is 0 Å². The van der Waals surface area contributed by atoms with Crippen LogP contribution in [0.1, 0.15) is 17.2 Å². The zero-order valence-corrected chi connectivity index (χ0v) is 9.30. The Labute approximate surface area is 90.6 Å². The lowest BCUT2D eigenvalue weighted by atomic mass is 10.1. The molecule has 4 heteroatoms. The third-order valence-corrected chi connectivity index (χ3v) is 2.89. The Bertz CT molecular complexity index is 378. The lowest BCUT2D eigenvalue weighted by Crippen LogP contribution is -2.18. The van der Waals surface area contributed by atoms with Gasteiger partial charge in [-0.15, -0.1) is 0 Å². The fourth-order valence-electron chi connectivity index (χ4n) is 1.47. The van der Waals surface area contributed by atoms with Crippen LogP contribution in [0.3, 0.4) is 0 Å². The molecule has 0 bridgehead atoms. The first-order valence-corrected chi connectivity index (χ1v) is 5.15. The van der Waals surface area contributed by atoms with E-state index in [2.05, 4.69) is 21.2 Å². The summed E-state index contributed by atoms with van der Waals surface area (Å²) in [6.45, 7) is 2.43. The first-order valence-electron chi connectivity index (χ1n) is 4.36. The number of halogens is 1. The lowest BCUT2D eigenvalue weighted by molar-refractivity contribution is 0.177. The molecule has 1 N–H and O–H groups in total. The van der Waals surface area contributed by atoms with Crippen LogP contribution in [0, 0.1) is 6.92 Å². The van der Waals surface area contributed by atoms with E-state index in [0.717, 1.165) is 10.0 Å². The zero-order chi connectivity index (χ0) is 10.1. The molecule has 0 radical (unpaired) electrons. The molecule has 3 nitrogen and oxygen atoms in total. The van der Waals surface area contributed by atoms with Gasteiger partial charge in [-0.05, 0) is 24.1 Å². The number of hydrogen-bond acceptors (Lipinski definition) is 2. The van der Waals surface area contributed by atoms with Crippen LogP contribution >= 0.6 is 15.9 Å². The first kappa shape index (κ1) is 9.52. The maximum atomic E-state index is 10.9. The van der Waals surface area contributed by atoms with Gasteiger partial charge in [0.25, 0.3) is 0 Å². The van der Waals surface area contributed by atoms with Crippen molar-refractivity contribution < 1.29 is 9.53 Å². The number of benzene rings is 1.